The van der Waals surface area contributed by atoms with E-state index >= 15 is 0 Å². The molecule has 0 fully saturated rings. The van der Waals surface area contributed by atoms with Crippen LogP contribution in [0, 0.1) is 5.92 Å². The van der Waals surface area contributed by atoms with Gasteiger partial charge in [-0.3, -0.25) is 4.79 Å². The molecule has 0 heterocycles. The van der Waals surface area contributed by atoms with Gasteiger partial charge in [0.2, 0.25) is 0 Å². The second kappa shape index (κ2) is 25.1. The summed E-state index contributed by atoms with van der Waals surface area (Å²) in [6, 6.07) is 25.9. The fraction of sp³-hybridized carbons (Fsp3) is 0.409. The van der Waals surface area contributed by atoms with Crippen LogP contribution in [0.4, 0.5) is 0 Å². The Kier molecular flexibility index (Phi) is 22.1. The van der Waals surface area contributed by atoms with E-state index in [4.69, 9.17) is 19.7 Å². The predicted octanol–water partition coefficient (Wildman–Crippen LogP) is 9.39. The average molecular weight is 669 g/mol. The molecule has 0 aliphatic rings. The number of allylic oxidation sites excluding steroid dienone is 1. The van der Waals surface area contributed by atoms with Crippen molar-refractivity contribution in [2.24, 2.45) is 5.92 Å². The van der Waals surface area contributed by atoms with E-state index in [-0.39, 0.29) is 12.2 Å². The van der Waals surface area contributed by atoms with Gasteiger partial charge in [-0.2, -0.15) is 0 Å². The van der Waals surface area contributed by atoms with Crippen molar-refractivity contribution in [3.05, 3.63) is 119 Å². The molecular formula is C44H60O5. The van der Waals surface area contributed by atoms with Gasteiger partial charge in [0.05, 0.1) is 6.61 Å². The van der Waals surface area contributed by atoms with Gasteiger partial charge in [0.25, 0.3) is 0 Å². The molecule has 0 spiro atoms. The Hall–Kier alpha value is -3.90. The average Bonchev–Trinajstić information content (AvgIpc) is 3.13. The number of carbonyl (C=O) groups excluding carboxylic acids is 2. The van der Waals surface area contributed by atoms with Crippen LogP contribution in [0.3, 0.4) is 0 Å². The first kappa shape index (κ1) is 43.1. The zero-order valence-electron chi connectivity index (χ0n) is 30.7. The fourth-order valence-electron chi connectivity index (χ4n) is 6.23. The lowest BCUT2D eigenvalue weighted by atomic mass is 9.92. The van der Waals surface area contributed by atoms with Gasteiger partial charge in [-0.05, 0) is 114 Å². The number of hydrogen-bond acceptors (Lipinski definition) is 5. The molecule has 0 saturated heterocycles. The lowest BCUT2D eigenvalue weighted by Crippen LogP contribution is -2.08. The first-order chi connectivity index (χ1) is 23.8. The monoisotopic (exact) mass is 668 g/mol. The van der Waals surface area contributed by atoms with E-state index in [1.807, 2.05) is 13.9 Å². The van der Waals surface area contributed by atoms with E-state index in [9.17, 15) is 4.79 Å². The lowest BCUT2D eigenvalue weighted by Gasteiger charge is -2.16. The number of hydrogen-bond donors (Lipinski definition) is 2. The zero-order valence-corrected chi connectivity index (χ0v) is 30.7. The number of carbonyl (C=O) groups is 2. The SMILES string of the molecule is C=C(C)CC(CCCCc1ccc(CCc2ccc3c(ccc4cc(CCC)ccc43)c2)c(CC)c1)COC.C=C(C=O)CO.C=O.CO. The number of benzene rings is 4. The summed E-state index contributed by atoms with van der Waals surface area (Å²) in [6.45, 7) is 16.5. The zero-order chi connectivity index (χ0) is 36.6. The summed E-state index contributed by atoms with van der Waals surface area (Å²) < 4.78 is 5.43. The normalized spacial score (nSPS) is 10.9. The molecule has 5 nitrogen and oxygen atoms in total. The third-order valence-electron chi connectivity index (χ3n) is 8.57. The maximum Gasteiger partial charge on any atom is 0.147 e. The molecule has 2 N–H and O–H groups in total. The Bertz CT molecular complexity index is 1570. The van der Waals surface area contributed by atoms with Gasteiger partial charge in [0.1, 0.15) is 13.1 Å². The molecule has 5 heteroatoms. The number of rotatable bonds is 17. The molecule has 0 aromatic heterocycles. The summed E-state index contributed by atoms with van der Waals surface area (Å²) in [5, 5.41) is 20.4. The van der Waals surface area contributed by atoms with E-state index in [1.165, 1.54) is 87.0 Å². The molecule has 0 bridgehead atoms. The topological polar surface area (TPSA) is 83.8 Å². The Morgan fingerprint density at radius 1 is 0.776 bits per heavy atom. The maximum atomic E-state index is 9.48. The largest absolute Gasteiger partial charge is 0.400 e. The number of aldehydes is 1. The van der Waals surface area contributed by atoms with Gasteiger partial charge in [-0.25, -0.2) is 0 Å². The van der Waals surface area contributed by atoms with E-state index in [0.717, 1.165) is 45.8 Å². The van der Waals surface area contributed by atoms with Gasteiger partial charge in [-0.15, -0.1) is 6.58 Å². The minimum atomic E-state index is -0.233. The molecule has 266 valence electrons. The molecule has 0 aliphatic carbocycles. The summed E-state index contributed by atoms with van der Waals surface area (Å²) in [6.07, 6.45) is 12.1. The number of aliphatic hydroxyl groups excluding tert-OH is 2. The summed E-state index contributed by atoms with van der Waals surface area (Å²) in [5.41, 5.74) is 8.85. The maximum absolute atomic E-state index is 9.48. The van der Waals surface area contributed by atoms with Crippen molar-refractivity contribution in [1.82, 2.24) is 0 Å². The first-order valence-corrected chi connectivity index (χ1v) is 17.5. The van der Waals surface area contributed by atoms with E-state index in [0.29, 0.717) is 12.2 Å². The van der Waals surface area contributed by atoms with Crippen molar-refractivity contribution in [2.75, 3.05) is 27.4 Å². The third kappa shape index (κ3) is 15.0. The Labute approximate surface area is 295 Å². The quantitative estimate of drug-likeness (QED) is 0.0385. The standard InChI is InChI=1S/C38H48O.C4H6O2.CH4O.CH2O/c1-6-10-29-15-21-37-35(25-29)19-20-36-26-31(16-22-38(36)37)14-18-34-17-13-30(24-33(34)7-2)11-8-9-12-32(27-39-5)23-28(3)4;1-4(2-5)3-6;2*1-2/h13,15-17,19-22,24-26,32H,3,6-12,14,18,23,27H2,1-2,4-5H3;2,6H,1,3H2;2H,1H3;1H2. The van der Waals surface area contributed by atoms with Crippen LogP contribution in [0.1, 0.15) is 80.7 Å². The van der Waals surface area contributed by atoms with Crippen LogP contribution >= 0.6 is 0 Å². The smallest absolute Gasteiger partial charge is 0.147 e. The van der Waals surface area contributed by atoms with Gasteiger partial charge in [-0.1, -0.05) is 106 Å². The van der Waals surface area contributed by atoms with E-state index in [1.54, 1.807) is 0 Å². The highest BCUT2D eigenvalue weighted by molar-refractivity contribution is 6.07. The molecule has 4 aromatic rings. The highest BCUT2D eigenvalue weighted by Gasteiger charge is 2.10. The van der Waals surface area contributed by atoms with Crippen LogP contribution in [0.25, 0.3) is 21.5 Å². The second-order valence-corrected chi connectivity index (χ2v) is 12.5. The molecule has 0 radical (unpaired) electrons. The number of ether oxygens (including phenoxy) is 1. The summed E-state index contributed by atoms with van der Waals surface area (Å²) in [7, 11) is 2.81. The molecule has 0 amide bonds. The molecule has 1 unspecified atom stereocenters. The Morgan fingerprint density at radius 3 is 1.84 bits per heavy atom. The van der Waals surface area contributed by atoms with E-state index in [2.05, 4.69) is 101 Å². The first-order valence-electron chi connectivity index (χ1n) is 17.5. The van der Waals surface area contributed by atoms with Crippen LogP contribution in [-0.4, -0.2) is 50.7 Å². The van der Waals surface area contributed by atoms with Crippen LogP contribution in [0.5, 0.6) is 0 Å². The number of unbranched alkanes of at least 4 members (excludes halogenated alkanes) is 1. The van der Waals surface area contributed by atoms with Gasteiger partial charge >= 0.3 is 0 Å². The van der Waals surface area contributed by atoms with Crippen LogP contribution in [0.15, 0.2) is 91.0 Å². The van der Waals surface area contributed by atoms with Crippen molar-refractivity contribution in [3.8, 4) is 0 Å². The van der Waals surface area contributed by atoms with Crippen molar-refractivity contribution >= 4 is 34.6 Å². The van der Waals surface area contributed by atoms with Crippen molar-refractivity contribution < 1.29 is 24.5 Å². The molecular weight excluding hydrogens is 608 g/mol. The molecule has 0 aliphatic heterocycles. The third-order valence-corrected chi connectivity index (χ3v) is 8.57. The molecule has 49 heavy (non-hydrogen) atoms. The minimum Gasteiger partial charge on any atom is -0.400 e. The number of aryl methyl sites for hydroxylation is 5. The molecule has 0 saturated carbocycles. The molecule has 4 aromatic carbocycles. The summed E-state index contributed by atoms with van der Waals surface area (Å²) in [4.78, 5) is 17.5. The summed E-state index contributed by atoms with van der Waals surface area (Å²) in [5.74, 6) is 0.605. The van der Waals surface area contributed by atoms with Gasteiger partial charge in [0.15, 0.2) is 0 Å². The number of methoxy groups -OCH3 is 1. The van der Waals surface area contributed by atoms with Crippen molar-refractivity contribution in [2.45, 2.75) is 85.0 Å². The lowest BCUT2D eigenvalue weighted by molar-refractivity contribution is -0.105. The van der Waals surface area contributed by atoms with Crippen LogP contribution in [0.2, 0.25) is 0 Å². The van der Waals surface area contributed by atoms with Crippen LogP contribution in [-0.2, 0) is 46.4 Å². The van der Waals surface area contributed by atoms with Crippen molar-refractivity contribution in [1.29, 1.82) is 0 Å². The number of fused-ring (bicyclic) bond motifs is 3. The predicted molar refractivity (Wildman–Crippen MR) is 209 cm³/mol. The fourth-order valence-corrected chi connectivity index (χ4v) is 6.23. The Balaban J connectivity index is 0.00000107. The highest BCUT2D eigenvalue weighted by Crippen LogP contribution is 2.28. The van der Waals surface area contributed by atoms with Gasteiger partial charge in [0, 0.05) is 26.4 Å². The van der Waals surface area contributed by atoms with Gasteiger partial charge < -0.3 is 19.7 Å². The van der Waals surface area contributed by atoms with Crippen LogP contribution < -0.4 is 0 Å². The highest BCUT2D eigenvalue weighted by atomic mass is 16.5. The number of aliphatic hydroxyl groups is 2. The molecule has 4 rings (SSSR count). The second-order valence-electron chi connectivity index (χ2n) is 12.5. The Morgan fingerprint density at radius 2 is 1.35 bits per heavy atom. The minimum absolute atomic E-state index is 0.218. The van der Waals surface area contributed by atoms with E-state index < -0.39 is 0 Å². The van der Waals surface area contributed by atoms with Crippen molar-refractivity contribution in [3.63, 3.8) is 0 Å². The molecule has 1 atom stereocenters. The summed E-state index contributed by atoms with van der Waals surface area (Å²) >= 11 is 0.